The van der Waals surface area contributed by atoms with Gasteiger partial charge in [-0.15, -0.1) is 0 Å². The van der Waals surface area contributed by atoms with Crippen molar-refractivity contribution in [1.82, 2.24) is 20.1 Å². The maximum absolute atomic E-state index is 12.8. The Hall–Kier alpha value is -4.15. The summed E-state index contributed by atoms with van der Waals surface area (Å²) < 4.78 is 11.6. The first-order valence-electron chi connectivity index (χ1n) is 11.7. The van der Waals surface area contributed by atoms with Crippen LogP contribution in [0.3, 0.4) is 0 Å². The van der Waals surface area contributed by atoms with E-state index in [-0.39, 0.29) is 12.5 Å². The van der Waals surface area contributed by atoms with E-state index in [4.69, 9.17) is 14.5 Å². The number of amides is 2. The van der Waals surface area contributed by atoms with Crippen molar-refractivity contribution in [3.8, 4) is 11.5 Å². The molecule has 2 aromatic rings. The van der Waals surface area contributed by atoms with Gasteiger partial charge in [0.15, 0.2) is 11.5 Å². The number of carboxylic acid groups (broad SMARTS) is 1. The van der Waals surface area contributed by atoms with Crippen molar-refractivity contribution in [2.75, 3.05) is 33.4 Å². The summed E-state index contributed by atoms with van der Waals surface area (Å²) in [6.07, 6.45) is 2.62. The van der Waals surface area contributed by atoms with Crippen LogP contribution in [0.2, 0.25) is 0 Å². The molecule has 0 spiro atoms. The molecule has 0 atom stereocenters. The summed E-state index contributed by atoms with van der Waals surface area (Å²) in [5.74, 6) is 1.62. The van der Waals surface area contributed by atoms with Gasteiger partial charge in [-0.3, -0.25) is 25.0 Å². The SMILES string of the molecule is COc1c(OCCCN(C(=O)O)C(C)(C)C)ccc2c1N=C(NC(=O)c1cccnc1)N1CCN=C21. The molecule has 0 fully saturated rings. The van der Waals surface area contributed by atoms with Crippen LogP contribution >= 0.6 is 0 Å². The van der Waals surface area contributed by atoms with Crippen LogP contribution in [0.15, 0.2) is 46.6 Å². The Morgan fingerprint density at radius 1 is 1.25 bits per heavy atom. The fraction of sp³-hybridized carbons (Fsp3) is 0.400. The summed E-state index contributed by atoms with van der Waals surface area (Å²) in [6.45, 7) is 7.35. The minimum Gasteiger partial charge on any atom is -0.491 e. The molecule has 0 aliphatic carbocycles. The Bertz CT molecular complexity index is 1210. The van der Waals surface area contributed by atoms with Gasteiger partial charge in [-0.05, 0) is 51.5 Å². The number of guanidine groups is 1. The van der Waals surface area contributed by atoms with Crippen molar-refractivity contribution in [3.05, 3.63) is 47.8 Å². The second kappa shape index (κ2) is 10.2. The third-order valence-corrected chi connectivity index (χ3v) is 5.83. The summed E-state index contributed by atoms with van der Waals surface area (Å²) in [5, 5.41) is 12.3. The Balaban J connectivity index is 1.55. The minimum absolute atomic E-state index is 0.288. The van der Waals surface area contributed by atoms with Crippen molar-refractivity contribution in [1.29, 1.82) is 0 Å². The number of rotatable bonds is 7. The lowest BCUT2D eigenvalue weighted by Crippen LogP contribution is -2.47. The molecule has 0 saturated carbocycles. The molecule has 2 N–H and O–H groups in total. The number of carbonyl (C=O) groups is 2. The van der Waals surface area contributed by atoms with E-state index in [9.17, 15) is 14.7 Å². The lowest BCUT2D eigenvalue weighted by Gasteiger charge is -2.33. The largest absolute Gasteiger partial charge is 0.491 e. The third kappa shape index (κ3) is 5.09. The summed E-state index contributed by atoms with van der Waals surface area (Å²) in [6, 6.07) is 7.03. The average Bonchev–Trinajstić information content (AvgIpc) is 3.33. The first-order chi connectivity index (χ1) is 17.2. The number of carbonyl (C=O) groups excluding carboxylic acids is 1. The fourth-order valence-corrected chi connectivity index (χ4v) is 4.09. The molecule has 2 amide bonds. The Morgan fingerprint density at radius 3 is 2.72 bits per heavy atom. The van der Waals surface area contributed by atoms with Gasteiger partial charge in [-0.1, -0.05) is 0 Å². The first-order valence-corrected chi connectivity index (χ1v) is 11.7. The monoisotopic (exact) mass is 494 g/mol. The lowest BCUT2D eigenvalue weighted by atomic mass is 10.1. The van der Waals surface area contributed by atoms with Gasteiger partial charge in [-0.2, -0.15) is 0 Å². The maximum Gasteiger partial charge on any atom is 0.407 e. The minimum atomic E-state index is -0.967. The number of amidine groups is 1. The molecule has 11 nitrogen and oxygen atoms in total. The smallest absolute Gasteiger partial charge is 0.407 e. The maximum atomic E-state index is 12.8. The van der Waals surface area contributed by atoms with E-state index < -0.39 is 11.6 Å². The van der Waals surface area contributed by atoms with Crippen molar-refractivity contribution >= 4 is 29.5 Å². The van der Waals surface area contributed by atoms with Gasteiger partial charge >= 0.3 is 6.09 Å². The van der Waals surface area contributed by atoms with Crippen molar-refractivity contribution in [2.24, 2.45) is 9.98 Å². The summed E-state index contributed by atoms with van der Waals surface area (Å²) in [4.78, 5) is 40.9. The quantitative estimate of drug-likeness (QED) is 0.566. The molecule has 0 radical (unpaired) electrons. The molecule has 2 aliphatic heterocycles. The highest BCUT2D eigenvalue weighted by Gasteiger charge is 2.33. The number of aliphatic imine (C=N–C) groups is 2. The van der Waals surface area contributed by atoms with E-state index in [0.29, 0.717) is 60.6 Å². The number of fused-ring (bicyclic) bond motifs is 3. The van der Waals surface area contributed by atoms with Gasteiger partial charge in [0, 0.05) is 36.6 Å². The Labute approximate surface area is 209 Å². The zero-order chi connectivity index (χ0) is 25.9. The Morgan fingerprint density at radius 2 is 2.06 bits per heavy atom. The number of aromatic nitrogens is 1. The van der Waals surface area contributed by atoms with Gasteiger partial charge in [0.2, 0.25) is 5.96 Å². The molecule has 0 unspecified atom stereocenters. The number of hydrogen-bond donors (Lipinski definition) is 2. The highest BCUT2D eigenvalue weighted by atomic mass is 16.5. The van der Waals surface area contributed by atoms with E-state index in [1.807, 2.05) is 31.7 Å². The third-order valence-electron chi connectivity index (χ3n) is 5.83. The number of hydrogen-bond acceptors (Lipinski definition) is 8. The molecule has 190 valence electrons. The lowest BCUT2D eigenvalue weighted by molar-refractivity contribution is 0.0955. The number of methoxy groups -OCH3 is 1. The molecule has 11 heteroatoms. The van der Waals surface area contributed by atoms with E-state index in [2.05, 4.69) is 15.3 Å². The predicted molar refractivity (Wildman–Crippen MR) is 134 cm³/mol. The van der Waals surface area contributed by atoms with Crippen LogP contribution in [0, 0.1) is 0 Å². The van der Waals surface area contributed by atoms with Crippen LogP contribution in [-0.2, 0) is 0 Å². The van der Waals surface area contributed by atoms with E-state index in [1.165, 1.54) is 18.2 Å². The number of benzene rings is 1. The number of ether oxygens (including phenoxy) is 2. The van der Waals surface area contributed by atoms with Crippen molar-refractivity contribution in [3.63, 3.8) is 0 Å². The molecule has 1 aromatic heterocycles. The number of nitrogens with zero attached hydrogens (tertiary/aromatic N) is 5. The normalized spacial score (nSPS) is 14.3. The molecular formula is C25H30N6O5. The summed E-state index contributed by atoms with van der Waals surface area (Å²) in [7, 11) is 1.53. The first kappa shape index (κ1) is 25.0. The topological polar surface area (TPSA) is 129 Å². The van der Waals surface area contributed by atoms with Crippen molar-refractivity contribution < 1.29 is 24.2 Å². The van der Waals surface area contributed by atoms with Crippen LogP contribution < -0.4 is 14.8 Å². The molecule has 2 aliphatic rings. The molecule has 0 saturated heterocycles. The van der Waals surface area contributed by atoms with E-state index >= 15 is 0 Å². The molecular weight excluding hydrogens is 464 g/mol. The van der Waals surface area contributed by atoms with Gasteiger partial charge < -0.3 is 19.5 Å². The molecule has 3 heterocycles. The van der Waals surface area contributed by atoms with Gasteiger partial charge in [0.1, 0.15) is 11.5 Å². The Kier molecular flexibility index (Phi) is 7.09. The van der Waals surface area contributed by atoms with Crippen LogP contribution in [0.1, 0.15) is 43.1 Å². The molecule has 36 heavy (non-hydrogen) atoms. The van der Waals surface area contributed by atoms with Crippen LogP contribution in [0.5, 0.6) is 11.5 Å². The standard InChI is InChI=1S/C25H30N6O5/c1-25(2,3)31(24(33)34)12-6-14-36-18-9-8-17-19(20(18)35-4)28-23(30-13-11-27-21(17)30)29-22(32)16-7-5-10-26-15-16/h5,7-10,15H,6,11-14H2,1-4H3,(H,33,34)(H,28,29,32). The molecule has 1 aromatic carbocycles. The van der Waals surface area contributed by atoms with Gasteiger partial charge in [-0.25, -0.2) is 9.79 Å². The van der Waals surface area contributed by atoms with Crippen LogP contribution in [0.4, 0.5) is 10.5 Å². The van der Waals surface area contributed by atoms with Crippen molar-refractivity contribution in [2.45, 2.75) is 32.7 Å². The zero-order valence-corrected chi connectivity index (χ0v) is 20.8. The summed E-state index contributed by atoms with van der Waals surface area (Å²) >= 11 is 0. The average molecular weight is 495 g/mol. The predicted octanol–water partition coefficient (Wildman–Crippen LogP) is 3.13. The van der Waals surface area contributed by atoms with E-state index in [0.717, 1.165) is 5.56 Å². The highest BCUT2D eigenvalue weighted by molar-refractivity contribution is 6.20. The molecule has 0 bridgehead atoms. The van der Waals surface area contributed by atoms with E-state index in [1.54, 1.807) is 24.4 Å². The van der Waals surface area contributed by atoms with Crippen LogP contribution in [-0.4, -0.2) is 82.6 Å². The van der Waals surface area contributed by atoms with Gasteiger partial charge in [0.05, 0.1) is 25.8 Å². The molecule has 4 rings (SSSR count). The van der Waals surface area contributed by atoms with Gasteiger partial charge in [0.25, 0.3) is 5.91 Å². The highest BCUT2D eigenvalue weighted by Crippen LogP contribution is 2.43. The van der Waals surface area contributed by atoms with Crippen LogP contribution in [0.25, 0.3) is 0 Å². The summed E-state index contributed by atoms with van der Waals surface area (Å²) in [5.41, 5.74) is 1.20. The second-order valence-electron chi connectivity index (χ2n) is 9.29. The number of nitrogens with one attached hydrogen (secondary N) is 1. The zero-order valence-electron chi connectivity index (χ0n) is 20.8. The fourth-order valence-electron chi connectivity index (χ4n) is 4.09. The second-order valence-corrected chi connectivity index (χ2v) is 9.29. The number of pyridine rings is 1.